The summed E-state index contributed by atoms with van der Waals surface area (Å²) in [7, 11) is 4.19. The number of rotatable bonds is 7. The van der Waals surface area contributed by atoms with E-state index >= 15 is 0 Å². The summed E-state index contributed by atoms with van der Waals surface area (Å²) >= 11 is 0. The van der Waals surface area contributed by atoms with Gasteiger partial charge in [-0.3, -0.25) is 4.98 Å². The lowest BCUT2D eigenvalue weighted by Gasteiger charge is -2.27. The number of anilines is 1. The summed E-state index contributed by atoms with van der Waals surface area (Å²) in [4.78, 5) is 8.78. The van der Waals surface area contributed by atoms with Gasteiger partial charge in [0.2, 0.25) is 0 Å². The highest BCUT2D eigenvalue weighted by molar-refractivity contribution is 5.51. The van der Waals surface area contributed by atoms with Crippen molar-refractivity contribution in [2.75, 3.05) is 38.6 Å². The summed E-state index contributed by atoms with van der Waals surface area (Å²) in [5, 5.41) is 0. The Morgan fingerprint density at radius 3 is 2.59 bits per heavy atom. The van der Waals surface area contributed by atoms with E-state index in [4.69, 9.17) is 5.73 Å². The molecule has 0 radical (unpaired) electrons. The van der Waals surface area contributed by atoms with Crippen molar-refractivity contribution in [2.45, 2.75) is 19.9 Å². The molecule has 1 heterocycles. The molecule has 0 fully saturated rings. The molecule has 17 heavy (non-hydrogen) atoms. The van der Waals surface area contributed by atoms with E-state index in [2.05, 4.69) is 35.8 Å². The average molecular weight is 236 g/mol. The van der Waals surface area contributed by atoms with Crippen LogP contribution in [0.3, 0.4) is 0 Å². The molecule has 2 N–H and O–H groups in total. The monoisotopic (exact) mass is 236 g/mol. The fraction of sp³-hybridized carbons (Fsp3) is 0.615. The highest BCUT2D eigenvalue weighted by Crippen LogP contribution is 2.18. The van der Waals surface area contributed by atoms with Crippen molar-refractivity contribution in [3.8, 4) is 0 Å². The summed E-state index contributed by atoms with van der Waals surface area (Å²) in [5.41, 5.74) is 8.13. The SMILES string of the molecule is CCCN(CCN(C)C)c1cnccc1CN. The normalized spacial score (nSPS) is 10.9. The largest absolute Gasteiger partial charge is 0.369 e. The van der Waals surface area contributed by atoms with Crippen LogP contribution >= 0.6 is 0 Å². The molecule has 4 nitrogen and oxygen atoms in total. The first-order valence-electron chi connectivity index (χ1n) is 6.21. The van der Waals surface area contributed by atoms with Gasteiger partial charge in [0.05, 0.1) is 11.9 Å². The van der Waals surface area contributed by atoms with E-state index in [1.807, 2.05) is 18.5 Å². The van der Waals surface area contributed by atoms with E-state index in [1.165, 1.54) is 11.3 Å². The van der Waals surface area contributed by atoms with Crippen LogP contribution in [0.4, 0.5) is 5.69 Å². The third kappa shape index (κ3) is 4.32. The second kappa shape index (κ2) is 7.25. The van der Waals surface area contributed by atoms with Crippen LogP contribution in [-0.4, -0.2) is 43.6 Å². The molecular weight excluding hydrogens is 212 g/mol. The van der Waals surface area contributed by atoms with Crippen LogP contribution < -0.4 is 10.6 Å². The van der Waals surface area contributed by atoms with E-state index < -0.39 is 0 Å². The van der Waals surface area contributed by atoms with Gasteiger partial charge >= 0.3 is 0 Å². The van der Waals surface area contributed by atoms with E-state index in [9.17, 15) is 0 Å². The van der Waals surface area contributed by atoms with Gasteiger partial charge in [0, 0.05) is 32.4 Å². The lowest BCUT2D eigenvalue weighted by Crippen LogP contribution is -2.33. The second-order valence-electron chi connectivity index (χ2n) is 4.50. The summed E-state index contributed by atoms with van der Waals surface area (Å²) in [5.74, 6) is 0. The van der Waals surface area contributed by atoms with Crippen molar-refractivity contribution >= 4 is 5.69 Å². The zero-order valence-corrected chi connectivity index (χ0v) is 11.2. The molecule has 0 aliphatic carbocycles. The van der Waals surface area contributed by atoms with Gasteiger partial charge in [-0.15, -0.1) is 0 Å². The molecule has 0 aromatic carbocycles. The molecule has 0 saturated carbocycles. The van der Waals surface area contributed by atoms with Crippen LogP contribution in [0.1, 0.15) is 18.9 Å². The average Bonchev–Trinajstić information content (AvgIpc) is 2.34. The second-order valence-corrected chi connectivity index (χ2v) is 4.50. The maximum absolute atomic E-state index is 5.78. The number of nitrogens with zero attached hydrogens (tertiary/aromatic N) is 3. The third-order valence-corrected chi connectivity index (χ3v) is 2.76. The Kier molecular flexibility index (Phi) is 5.94. The van der Waals surface area contributed by atoms with E-state index in [1.54, 1.807) is 0 Å². The zero-order valence-electron chi connectivity index (χ0n) is 11.2. The van der Waals surface area contributed by atoms with Crippen LogP contribution in [0.25, 0.3) is 0 Å². The van der Waals surface area contributed by atoms with Gasteiger partial charge in [-0.1, -0.05) is 6.92 Å². The van der Waals surface area contributed by atoms with Gasteiger partial charge in [0.25, 0.3) is 0 Å². The maximum atomic E-state index is 5.78. The molecule has 0 aliphatic heterocycles. The van der Waals surface area contributed by atoms with Gasteiger partial charge in [-0.25, -0.2) is 0 Å². The molecule has 4 heteroatoms. The van der Waals surface area contributed by atoms with E-state index in [0.29, 0.717) is 6.54 Å². The fourth-order valence-electron chi connectivity index (χ4n) is 1.82. The first-order chi connectivity index (χ1) is 8.19. The molecule has 0 unspecified atom stereocenters. The van der Waals surface area contributed by atoms with Gasteiger partial charge in [-0.05, 0) is 32.1 Å². The molecule has 0 saturated heterocycles. The van der Waals surface area contributed by atoms with Crippen molar-refractivity contribution in [1.82, 2.24) is 9.88 Å². The summed E-state index contributed by atoms with van der Waals surface area (Å²) in [6, 6.07) is 2.01. The van der Waals surface area contributed by atoms with Crippen molar-refractivity contribution in [1.29, 1.82) is 0 Å². The maximum Gasteiger partial charge on any atom is 0.0598 e. The summed E-state index contributed by atoms with van der Waals surface area (Å²) in [6.45, 7) is 5.87. The van der Waals surface area contributed by atoms with Gasteiger partial charge < -0.3 is 15.5 Å². The van der Waals surface area contributed by atoms with Gasteiger partial charge in [0.15, 0.2) is 0 Å². The minimum atomic E-state index is 0.569. The first-order valence-corrected chi connectivity index (χ1v) is 6.21. The Morgan fingerprint density at radius 1 is 1.24 bits per heavy atom. The molecule has 0 bridgehead atoms. The zero-order chi connectivity index (χ0) is 12.7. The Morgan fingerprint density at radius 2 is 2.00 bits per heavy atom. The Balaban J connectivity index is 2.80. The van der Waals surface area contributed by atoms with Crippen LogP contribution in [0.5, 0.6) is 0 Å². The topological polar surface area (TPSA) is 45.4 Å². The number of likely N-dealkylation sites (N-methyl/N-ethyl adjacent to an activating group) is 1. The summed E-state index contributed by atoms with van der Waals surface area (Å²) in [6.07, 6.45) is 4.86. The Bertz CT molecular complexity index is 325. The predicted molar refractivity (Wildman–Crippen MR) is 73.2 cm³/mol. The van der Waals surface area contributed by atoms with Crippen molar-refractivity contribution < 1.29 is 0 Å². The lowest BCUT2D eigenvalue weighted by molar-refractivity contribution is 0.412. The summed E-state index contributed by atoms with van der Waals surface area (Å²) < 4.78 is 0. The number of nitrogens with two attached hydrogens (primary N) is 1. The molecule has 0 spiro atoms. The van der Waals surface area contributed by atoms with Gasteiger partial charge in [0.1, 0.15) is 0 Å². The molecule has 1 rings (SSSR count). The molecule has 0 atom stereocenters. The standard InChI is InChI=1S/C13H24N4/c1-4-7-17(9-8-16(2)3)13-11-15-6-5-12(13)10-14/h5-6,11H,4,7-10,14H2,1-3H3. The Labute approximate surface area is 104 Å². The molecular formula is C13H24N4. The lowest BCUT2D eigenvalue weighted by atomic mass is 10.2. The molecule has 1 aromatic rings. The molecule has 96 valence electrons. The van der Waals surface area contributed by atoms with Crippen LogP contribution in [0.15, 0.2) is 18.5 Å². The number of hydrogen-bond acceptors (Lipinski definition) is 4. The van der Waals surface area contributed by atoms with Crippen LogP contribution in [0, 0.1) is 0 Å². The minimum absolute atomic E-state index is 0.569. The predicted octanol–water partition coefficient (Wildman–Crippen LogP) is 1.32. The minimum Gasteiger partial charge on any atom is -0.369 e. The number of hydrogen-bond donors (Lipinski definition) is 1. The first kappa shape index (κ1) is 13.9. The van der Waals surface area contributed by atoms with E-state index in [-0.39, 0.29) is 0 Å². The fourth-order valence-corrected chi connectivity index (χ4v) is 1.82. The quantitative estimate of drug-likeness (QED) is 0.775. The number of aromatic nitrogens is 1. The highest BCUT2D eigenvalue weighted by Gasteiger charge is 2.09. The highest BCUT2D eigenvalue weighted by atomic mass is 15.2. The van der Waals surface area contributed by atoms with Gasteiger partial charge in [-0.2, -0.15) is 0 Å². The smallest absolute Gasteiger partial charge is 0.0598 e. The van der Waals surface area contributed by atoms with Crippen molar-refractivity contribution in [2.24, 2.45) is 5.73 Å². The van der Waals surface area contributed by atoms with Crippen LogP contribution in [0.2, 0.25) is 0 Å². The van der Waals surface area contributed by atoms with Crippen molar-refractivity contribution in [3.05, 3.63) is 24.0 Å². The number of pyridine rings is 1. The van der Waals surface area contributed by atoms with E-state index in [0.717, 1.165) is 26.1 Å². The third-order valence-electron chi connectivity index (χ3n) is 2.76. The Hall–Kier alpha value is -1.13. The molecule has 1 aromatic heterocycles. The van der Waals surface area contributed by atoms with Crippen molar-refractivity contribution in [3.63, 3.8) is 0 Å². The molecule has 0 amide bonds. The molecule has 0 aliphatic rings. The van der Waals surface area contributed by atoms with Crippen LogP contribution in [-0.2, 0) is 6.54 Å².